The largest absolute Gasteiger partial charge is 0.497 e. The van der Waals surface area contributed by atoms with E-state index in [1.54, 1.807) is 13.3 Å². The quantitative estimate of drug-likeness (QED) is 0.913. The van der Waals surface area contributed by atoms with Gasteiger partial charge in [-0.25, -0.2) is 9.97 Å². The molecular weight excluding hydrogens is 238 g/mol. The van der Waals surface area contributed by atoms with Gasteiger partial charge in [-0.15, -0.1) is 0 Å². The van der Waals surface area contributed by atoms with Crippen LogP contribution in [-0.2, 0) is 5.41 Å². The molecule has 2 rings (SSSR count). The van der Waals surface area contributed by atoms with Crippen molar-refractivity contribution in [2.45, 2.75) is 19.3 Å². The average Bonchev–Trinajstić information content (AvgIpc) is 2.47. The molecule has 2 aromatic rings. The van der Waals surface area contributed by atoms with E-state index in [0.717, 1.165) is 22.8 Å². The monoisotopic (exact) mass is 257 g/mol. The molecule has 0 spiro atoms. The van der Waals surface area contributed by atoms with Gasteiger partial charge in [0.1, 0.15) is 11.6 Å². The van der Waals surface area contributed by atoms with Crippen LogP contribution < -0.4 is 10.5 Å². The number of ether oxygens (including phenoxy) is 1. The first-order valence-electron chi connectivity index (χ1n) is 6.25. The summed E-state index contributed by atoms with van der Waals surface area (Å²) in [6.45, 7) is 4.59. The summed E-state index contributed by atoms with van der Waals surface area (Å²) < 4.78 is 5.23. The molecule has 4 nitrogen and oxygen atoms in total. The number of nitrogens with zero attached hydrogens (tertiary/aromatic N) is 2. The standard InChI is InChI=1S/C15H19N3O/c1-15(2,10-16)14-17-8-7-13(18-14)11-5-4-6-12(9-11)19-3/h4-9H,10,16H2,1-3H3. The zero-order valence-corrected chi connectivity index (χ0v) is 11.6. The number of methoxy groups -OCH3 is 1. The molecular formula is C15H19N3O. The molecule has 0 saturated carbocycles. The minimum Gasteiger partial charge on any atom is -0.497 e. The fraction of sp³-hybridized carbons (Fsp3) is 0.333. The first-order chi connectivity index (χ1) is 9.06. The van der Waals surface area contributed by atoms with Crippen LogP contribution in [0.2, 0.25) is 0 Å². The van der Waals surface area contributed by atoms with Gasteiger partial charge in [0.2, 0.25) is 0 Å². The molecule has 0 fully saturated rings. The smallest absolute Gasteiger partial charge is 0.135 e. The second kappa shape index (κ2) is 5.36. The van der Waals surface area contributed by atoms with Gasteiger partial charge in [0.05, 0.1) is 12.8 Å². The van der Waals surface area contributed by atoms with Crippen LogP contribution in [0.5, 0.6) is 5.75 Å². The summed E-state index contributed by atoms with van der Waals surface area (Å²) in [7, 11) is 1.65. The Morgan fingerprint density at radius 1 is 1.26 bits per heavy atom. The molecule has 1 aromatic carbocycles. The van der Waals surface area contributed by atoms with Crippen LogP contribution in [0.4, 0.5) is 0 Å². The van der Waals surface area contributed by atoms with Crippen LogP contribution in [0.25, 0.3) is 11.3 Å². The molecule has 0 bridgehead atoms. The molecule has 0 amide bonds. The SMILES string of the molecule is COc1cccc(-c2ccnc(C(C)(C)CN)n2)c1. The molecule has 0 aliphatic carbocycles. The van der Waals surface area contributed by atoms with Crippen molar-refractivity contribution in [1.29, 1.82) is 0 Å². The summed E-state index contributed by atoms with van der Waals surface area (Å²) in [6, 6.07) is 9.72. The Balaban J connectivity index is 2.43. The van der Waals surface area contributed by atoms with E-state index in [-0.39, 0.29) is 5.41 Å². The fourth-order valence-electron chi connectivity index (χ4n) is 1.72. The molecule has 0 radical (unpaired) electrons. The number of hydrogen-bond acceptors (Lipinski definition) is 4. The van der Waals surface area contributed by atoms with Crippen molar-refractivity contribution in [2.75, 3.05) is 13.7 Å². The summed E-state index contributed by atoms with van der Waals surface area (Å²) >= 11 is 0. The van der Waals surface area contributed by atoms with Crippen LogP contribution in [0.15, 0.2) is 36.5 Å². The summed E-state index contributed by atoms with van der Waals surface area (Å²) in [5.74, 6) is 1.58. The van der Waals surface area contributed by atoms with E-state index in [1.165, 1.54) is 0 Å². The minimum absolute atomic E-state index is 0.227. The van der Waals surface area contributed by atoms with Gasteiger partial charge in [0.15, 0.2) is 0 Å². The molecule has 0 saturated heterocycles. The lowest BCUT2D eigenvalue weighted by Crippen LogP contribution is -2.30. The van der Waals surface area contributed by atoms with Gasteiger partial charge in [-0.05, 0) is 18.2 Å². The second-order valence-electron chi connectivity index (χ2n) is 5.09. The third kappa shape index (κ3) is 2.90. The number of nitrogens with two attached hydrogens (primary N) is 1. The van der Waals surface area contributed by atoms with E-state index < -0.39 is 0 Å². The maximum absolute atomic E-state index is 5.77. The summed E-state index contributed by atoms with van der Waals surface area (Å²) in [6.07, 6.45) is 1.77. The molecule has 0 atom stereocenters. The van der Waals surface area contributed by atoms with Crippen molar-refractivity contribution in [3.63, 3.8) is 0 Å². The van der Waals surface area contributed by atoms with Crippen molar-refractivity contribution in [1.82, 2.24) is 9.97 Å². The Morgan fingerprint density at radius 2 is 2.05 bits per heavy atom. The van der Waals surface area contributed by atoms with E-state index in [9.17, 15) is 0 Å². The molecule has 1 heterocycles. The third-order valence-electron chi connectivity index (χ3n) is 3.14. The van der Waals surface area contributed by atoms with E-state index in [0.29, 0.717) is 6.54 Å². The van der Waals surface area contributed by atoms with Crippen molar-refractivity contribution in [3.05, 3.63) is 42.4 Å². The highest BCUT2D eigenvalue weighted by Crippen LogP contribution is 2.24. The molecule has 2 N–H and O–H groups in total. The van der Waals surface area contributed by atoms with E-state index in [1.807, 2.05) is 44.2 Å². The minimum atomic E-state index is -0.227. The first kappa shape index (κ1) is 13.5. The zero-order valence-electron chi connectivity index (χ0n) is 11.6. The highest BCUT2D eigenvalue weighted by Gasteiger charge is 2.22. The van der Waals surface area contributed by atoms with Crippen molar-refractivity contribution < 1.29 is 4.74 Å². The van der Waals surface area contributed by atoms with E-state index in [2.05, 4.69) is 9.97 Å². The normalized spacial score (nSPS) is 11.4. The lowest BCUT2D eigenvalue weighted by Gasteiger charge is -2.20. The zero-order chi connectivity index (χ0) is 13.9. The Kier molecular flexibility index (Phi) is 3.81. The number of rotatable bonds is 4. The average molecular weight is 257 g/mol. The van der Waals surface area contributed by atoms with Crippen molar-refractivity contribution >= 4 is 0 Å². The maximum atomic E-state index is 5.77. The molecule has 0 unspecified atom stereocenters. The van der Waals surface area contributed by atoms with Crippen LogP contribution in [-0.4, -0.2) is 23.6 Å². The number of aromatic nitrogens is 2. The van der Waals surface area contributed by atoms with Gasteiger partial charge >= 0.3 is 0 Å². The molecule has 0 aliphatic heterocycles. The summed E-state index contributed by atoms with van der Waals surface area (Å²) in [5, 5.41) is 0. The van der Waals surface area contributed by atoms with Crippen LogP contribution in [0.3, 0.4) is 0 Å². The topological polar surface area (TPSA) is 61.0 Å². The van der Waals surface area contributed by atoms with Gasteiger partial charge in [-0.2, -0.15) is 0 Å². The Labute approximate surface area is 113 Å². The molecule has 19 heavy (non-hydrogen) atoms. The van der Waals surface area contributed by atoms with Gasteiger partial charge in [0, 0.05) is 23.7 Å². The molecule has 0 aliphatic rings. The Hall–Kier alpha value is -1.94. The van der Waals surface area contributed by atoms with E-state index in [4.69, 9.17) is 10.5 Å². The lowest BCUT2D eigenvalue weighted by molar-refractivity contribution is 0.415. The fourth-order valence-corrected chi connectivity index (χ4v) is 1.72. The highest BCUT2D eigenvalue weighted by molar-refractivity contribution is 5.60. The van der Waals surface area contributed by atoms with Crippen LogP contribution in [0, 0.1) is 0 Å². The van der Waals surface area contributed by atoms with Gasteiger partial charge in [0.25, 0.3) is 0 Å². The molecule has 4 heteroatoms. The van der Waals surface area contributed by atoms with Crippen LogP contribution >= 0.6 is 0 Å². The number of benzene rings is 1. The number of hydrogen-bond donors (Lipinski definition) is 1. The Morgan fingerprint density at radius 3 is 2.74 bits per heavy atom. The predicted molar refractivity (Wildman–Crippen MR) is 76.1 cm³/mol. The lowest BCUT2D eigenvalue weighted by atomic mass is 9.92. The summed E-state index contributed by atoms with van der Waals surface area (Å²) in [5.41, 5.74) is 7.44. The Bertz CT molecular complexity index is 567. The first-order valence-corrected chi connectivity index (χ1v) is 6.25. The van der Waals surface area contributed by atoms with Crippen molar-refractivity contribution in [3.8, 4) is 17.0 Å². The van der Waals surface area contributed by atoms with E-state index >= 15 is 0 Å². The van der Waals surface area contributed by atoms with Gasteiger partial charge in [-0.1, -0.05) is 26.0 Å². The van der Waals surface area contributed by atoms with Gasteiger partial charge < -0.3 is 10.5 Å². The summed E-state index contributed by atoms with van der Waals surface area (Å²) in [4.78, 5) is 8.94. The highest BCUT2D eigenvalue weighted by atomic mass is 16.5. The van der Waals surface area contributed by atoms with Crippen LogP contribution in [0.1, 0.15) is 19.7 Å². The predicted octanol–water partition coefficient (Wildman–Crippen LogP) is 2.39. The third-order valence-corrected chi connectivity index (χ3v) is 3.14. The maximum Gasteiger partial charge on any atom is 0.135 e. The molecule has 1 aromatic heterocycles. The second-order valence-corrected chi connectivity index (χ2v) is 5.09. The van der Waals surface area contributed by atoms with Gasteiger partial charge in [-0.3, -0.25) is 0 Å². The van der Waals surface area contributed by atoms with Crippen molar-refractivity contribution in [2.24, 2.45) is 5.73 Å². The molecule has 100 valence electrons.